The van der Waals surface area contributed by atoms with Gasteiger partial charge in [0.15, 0.2) is 0 Å². The van der Waals surface area contributed by atoms with Gasteiger partial charge in [-0.1, -0.05) is 41.9 Å². The van der Waals surface area contributed by atoms with Crippen molar-refractivity contribution in [3.05, 3.63) is 64.7 Å². The Hall–Kier alpha value is -1.01. The lowest BCUT2D eigenvalue weighted by molar-refractivity contribution is 0.0384. The van der Waals surface area contributed by atoms with Crippen LogP contribution in [0.2, 0.25) is 5.02 Å². The Bertz CT molecular complexity index is 650. The second-order valence-corrected chi connectivity index (χ2v) is 6.59. The quantitative estimate of drug-likeness (QED) is 0.633. The molecule has 1 aliphatic heterocycles. The Balaban J connectivity index is 0.00000182. The molecule has 1 fully saturated rings. The Morgan fingerprint density at radius 2 is 1.70 bits per heavy atom. The fraction of sp³-hybridized carbons (Fsp3) is 0.400. The summed E-state index contributed by atoms with van der Waals surface area (Å²) < 4.78 is 11.4. The van der Waals surface area contributed by atoms with Crippen molar-refractivity contribution in [2.75, 3.05) is 39.4 Å². The van der Waals surface area contributed by atoms with Crippen LogP contribution < -0.4 is 10.1 Å². The van der Waals surface area contributed by atoms with Crippen molar-refractivity contribution in [2.45, 2.75) is 13.2 Å². The molecule has 1 heterocycles. The van der Waals surface area contributed by atoms with E-state index in [0.717, 1.165) is 62.3 Å². The molecule has 0 unspecified atom stereocenters. The number of hydrogen-bond donors (Lipinski definition) is 1. The van der Waals surface area contributed by atoms with E-state index in [1.54, 1.807) is 0 Å². The van der Waals surface area contributed by atoms with Crippen molar-refractivity contribution < 1.29 is 9.47 Å². The molecule has 1 saturated heterocycles. The molecule has 2 aromatic carbocycles. The molecule has 0 aliphatic carbocycles. The van der Waals surface area contributed by atoms with E-state index in [4.69, 9.17) is 21.1 Å². The Labute approximate surface area is 179 Å². The summed E-state index contributed by atoms with van der Waals surface area (Å²) in [5.41, 5.74) is 2.29. The first-order valence-corrected chi connectivity index (χ1v) is 9.15. The van der Waals surface area contributed by atoms with E-state index < -0.39 is 0 Å². The van der Waals surface area contributed by atoms with Gasteiger partial charge < -0.3 is 14.8 Å². The number of benzene rings is 2. The number of para-hydroxylation sites is 1. The molecule has 0 amide bonds. The average Bonchev–Trinajstić information content (AvgIpc) is 2.66. The van der Waals surface area contributed by atoms with Crippen molar-refractivity contribution in [1.82, 2.24) is 10.2 Å². The Morgan fingerprint density at radius 1 is 1.00 bits per heavy atom. The zero-order chi connectivity index (χ0) is 17.3. The van der Waals surface area contributed by atoms with E-state index in [1.807, 2.05) is 42.5 Å². The van der Waals surface area contributed by atoms with Crippen LogP contribution in [-0.4, -0.2) is 44.3 Å². The molecule has 1 N–H and O–H groups in total. The molecule has 0 saturated carbocycles. The summed E-state index contributed by atoms with van der Waals surface area (Å²) in [7, 11) is 0. The van der Waals surface area contributed by atoms with Crippen molar-refractivity contribution >= 4 is 36.4 Å². The molecule has 150 valence electrons. The third kappa shape index (κ3) is 8.26. The van der Waals surface area contributed by atoms with E-state index in [1.165, 1.54) is 5.56 Å². The van der Waals surface area contributed by atoms with Gasteiger partial charge in [0, 0.05) is 43.3 Å². The minimum Gasteiger partial charge on any atom is -0.489 e. The first-order valence-electron chi connectivity index (χ1n) is 8.77. The molecule has 7 heteroatoms. The Morgan fingerprint density at radius 3 is 2.44 bits per heavy atom. The third-order valence-corrected chi connectivity index (χ3v) is 4.56. The molecule has 3 rings (SSSR count). The fourth-order valence-corrected chi connectivity index (χ4v) is 2.94. The van der Waals surface area contributed by atoms with Crippen LogP contribution in [0.5, 0.6) is 5.75 Å². The van der Waals surface area contributed by atoms with Crippen LogP contribution >= 0.6 is 36.4 Å². The van der Waals surface area contributed by atoms with E-state index in [0.29, 0.717) is 6.61 Å². The monoisotopic (exact) mass is 432 g/mol. The molecule has 1 aliphatic rings. The fourth-order valence-electron chi connectivity index (χ4n) is 2.82. The van der Waals surface area contributed by atoms with Gasteiger partial charge in [-0.3, -0.25) is 4.90 Å². The predicted molar refractivity (Wildman–Crippen MR) is 116 cm³/mol. The molecular weight excluding hydrogens is 407 g/mol. The Kier molecular flexibility index (Phi) is 11.8. The van der Waals surface area contributed by atoms with Crippen molar-refractivity contribution in [3.63, 3.8) is 0 Å². The minimum atomic E-state index is 0. The van der Waals surface area contributed by atoms with Gasteiger partial charge >= 0.3 is 0 Å². The number of nitrogens with zero attached hydrogens (tertiary/aromatic N) is 1. The second-order valence-electron chi connectivity index (χ2n) is 6.15. The van der Waals surface area contributed by atoms with Gasteiger partial charge in [-0.05, 0) is 23.8 Å². The standard InChI is InChI=1S/C20H25ClN2O2.2ClH/c21-19-7-5-17(6-8-19)16-25-20-4-2-1-3-18(20)15-22-9-10-23-11-13-24-14-12-23;;/h1-8,22H,9-16H2;2*1H. The lowest BCUT2D eigenvalue weighted by Gasteiger charge is -2.26. The lowest BCUT2D eigenvalue weighted by atomic mass is 10.2. The number of halogens is 3. The number of morpholine rings is 1. The van der Waals surface area contributed by atoms with Crippen molar-refractivity contribution in [1.29, 1.82) is 0 Å². The van der Waals surface area contributed by atoms with Crippen LogP contribution in [0.25, 0.3) is 0 Å². The van der Waals surface area contributed by atoms with E-state index in [9.17, 15) is 0 Å². The highest BCUT2D eigenvalue weighted by molar-refractivity contribution is 6.30. The van der Waals surface area contributed by atoms with Crippen LogP contribution in [0, 0.1) is 0 Å². The number of nitrogens with one attached hydrogen (secondary N) is 1. The smallest absolute Gasteiger partial charge is 0.124 e. The van der Waals surface area contributed by atoms with Gasteiger partial charge in [0.05, 0.1) is 13.2 Å². The summed E-state index contributed by atoms with van der Waals surface area (Å²) in [6, 6.07) is 16.0. The predicted octanol–water partition coefficient (Wildman–Crippen LogP) is 4.18. The minimum absolute atomic E-state index is 0. The third-order valence-electron chi connectivity index (χ3n) is 4.30. The summed E-state index contributed by atoms with van der Waals surface area (Å²) in [4.78, 5) is 2.43. The molecule has 0 radical (unpaired) electrons. The lowest BCUT2D eigenvalue weighted by Crippen LogP contribution is -2.40. The van der Waals surface area contributed by atoms with Crippen molar-refractivity contribution in [3.8, 4) is 5.75 Å². The number of ether oxygens (including phenoxy) is 2. The summed E-state index contributed by atoms with van der Waals surface area (Å²) in [6.07, 6.45) is 0. The molecule has 0 bridgehead atoms. The molecule has 0 aromatic heterocycles. The van der Waals surface area contributed by atoms with E-state index in [2.05, 4.69) is 16.3 Å². The van der Waals surface area contributed by atoms with Crippen molar-refractivity contribution in [2.24, 2.45) is 0 Å². The first-order chi connectivity index (χ1) is 12.3. The zero-order valence-electron chi connectivity index (χ0n) is 15.2. The van der Waals surface area contributed by atoms with Crippen LogP contribution in [0.15, 0.2) is 48.5 Å². The molecular formula is C20H27Cl3N2O2. The van der Waals surface area contributed by atoms with Gasteiger partial charge in [-0.25, -0.2) is 0 Å². The molecule has 0 atom stereocenters. The second kappa shape index (κ2) is 13.2. The summed E-state index contributed by atoms with van der Waals surface area (Å²) >= 11 is 5.92. The number of rotatable bonds is 8. The molecule has 2 aromatic rings. The van der Waals surface area contributed by atoms with Crippen LogP contribution in [0.3, 0.4) is 0 Å². The van der Waals surface area contributed by atoms with Crippen LogP contribution in [-0.2, 0) is 17.9 Å². The number of hydrogen-bond acceptors (Lipinski definition) is 4. The maximum absolute atomic E-state index is 6.00. The van der Waals surface area contributed by atoms with E-state index >= 15 is 0 Å². The average molecular weight is 434 g/mol. The van der Waals surface area contributed by atoms with E-state index in [-0.39, 0.29) is 24.8 Å². The van der Waals surface area contributed by atoms with Gasteiger partial charge in [0.2, 0.25) is 0 Å². The molecule has 0 spiro atoms. The maximum Gasteiger partial charge on any atom is 0.124 e. The summed E-state index contributed by atoms with van der Waals surface area (Å²) in [6.45, 7) is 7.12. The highest BCUT2D eigenvalue weighted by Gasteiger charge is 2.09. The van der Waals surface area contributed by atoms with Gasteiger partial charge in [0.1, 0.15) is 12.4 Å². The van der Waals surface area contributed by atoms with Gasteiger partial charge in [-0.15, -0.1) is 24.8 Å². The summed E-state index contributed by atoms with van der Waals surface area (Å²) in [5, 5.41) is 4.26. The topological polar surface area (TPSA) is 33.7 Å². The largest absolute Gasteiger partial charge is 0.489 e. The normalized spacial score (nSPS) is 14.1. The first kappa shape index (κ1) is 24.0. The molecule has 4 nitrogen and oxygen atoms in total. The highest BCUT2D eigenvalue weighted by Crippen LogP contribution is 2.19. The van der Waals surface area contributed by atoms with Gasteiger partial charge in [0.25, 0.3) is 0 Å². The van der Waals surface area contributed by atoms with Gasteiger partial charge in [-0.2, -0.15) is 0 Å². The SMILES string of the molecule is Cl.Cl.Clc1ccc(COc2ccccc2CNCCN2CCOCC2)cc1. The highest BCUT2D eigenvalue weighted by atomic mass is 35.5. The summed E-state index contributed by atoms with van der Waals surface area (Å²) in [5.74, 6) is 0.927. The zero-order valence-corrected chi connectivity index (χ0v) is 17.6. The van der Waals surface area contributed by atoms with Crippen LogP contribution in [0.4, 0.5) is 0 Å². The maximum atomic E-state index is 6.00. The van der Waals surface area contributed by atoms with Crippen LogP contribution in [0.1, 0.15) is 11.1 Å². The molecule has 27 heavy (non-hydrogen) atoms.